The predicted octanol–water partition coefficient (Wildman–Crippen LogP) is 2.33. The molecule has 16 heavy (non-hydrogen) atoms. The Kier molecular flexibility index (Phi) is 4.28. The summed E-state index contributed by atoms with van der Waals surface area (Å²) < 4.78 is 13.1. The van der Waals surface area contributed by atoms with Crippen LogP contribution in [0.2, 0.25) is 0 Å². The van der Waals surface area contributed by atoms with Crippen LogP contribution in [-0.4, -0.2) is 11.9 Å². The number of benzene rings is 1. The SMILES string of the molecule is CCCC(C)NC(=O)c1ccc(N)c(F)c1. The summed E-state index contributed by atoms with van der Waals surface area (Å²) in [5.41, 5.74) is 5.69. The Morgan fingerprint density at radius 2 is 2.25 bits per heavy atom. The quantitative estimate of drug-likeness (QED) is 0.771. The van der Waals surface area contributed by atoms with Gasteiger partial charge in [-0.2, -0.15) is 0 Å². The normalized spacial score (nSPS) is 12.2. The molecule has 0 aliphatic rings. The molecule has 0 aliphatic heterocycles. The van der Waals surface area contributed by atoms with Crippen LogP contribution in [0.1, 0.15) is 37.0 Å². The van der Waals surface area contributed by atoms with Gasteiger partial charge in [-0.1, -0.05) is 13.3 Å². The number of halogens is 1. The van der Waals surface area contributed by atoms with Crippen LogP contribution < -0.4 is 11.1 Å². The zero-order valence-electron chi connectivity index (χ0n) is 9.59. The molecule has 1 atom stereocenters. The van der Waals surface area contributed by atoms with Crippen molar-refractivity contribution in [2.24, 2.45) is 0 Å². The molecule has 3 nitrogen and oxygen atoms in total. The number of nitrogens with two attached hydrogens (primary N) is 1. The van der Waals surface area contributed by atoms with Crippen molar-refractivity contribution in [2.75, 3.05) is 5.73 Å². The largest absolute Gasteiger partial charge is 0.396 e. The topological polar surface area (TPSA) is 55.1 Å². The fourth-order valence-corrected chi connectivity index (χ4v) is 1.48. The van der Waals surface area contributed by atoms with Crippen LogP contribution >= 0.6 is 0 Å². The van der Waals surface area contributed by atoms with Gasteiger partial charge in [0.15, 0.2) is 0 Å². The van der Waals surface area contributed by atoms with Gasteiger partial charge < -0.3 is 11.1 Å². The second-order valence-electron chi connectivity index (χ2n) is 3.90. The lowest BCUT2D eigenvalue weighted by molar-refractivity contribution is 0.0938. The van der Waals surface area contributed by atoms with Crippen LogP contribution in [0.15, 0.2) is 18.2 Å². The summed E-state index contributed by atoms with van der Waals surface area (Å²) in [5.74, 6) is -0.823. The third-order valence-corrected chi connectivity index (χ3v) is 2.36. The first kappa shape index (κ1) is 12.5. The van der Waals surface area contributed by atoms with Crippen molar-refractivity contribution in [1.29, 1.82) is 0 Å². The van der Waals surface area contributed by atoms with E-state index < -0.39 is 5.82 Å². The molecular weight excluding hydrogens is 207 g/mol. The molecule has 0 spiro atoms. The van der Waals surface area contributed by atoms with Crippen molar-refractivity contribution in [1.82, 2.24) is 5.32 Å². The molecule has 0 bridgehead atoms. The highest BCUT2D eigenvalue weighted by Crippen LogP contribution is 2.12. The molecule has 3 N–H and O–H groups in total. The van der Waals surface area contributed by atoms with Crippen LogP contribution in [0, 0.1) is 5.82 Å². The van der Waals surface area contributed by atoms with Gasteiger partial charge in [-0.15, -0.1) is 0 Å². The van der Waals surface area contributed by atoms with E-state index in [1.807, 2.05) is 13.8 Å². The second kappa shape index (κ2) is 5.49. The maximum atomic E-state index is 13.1. The molecule has 4 heteroatoms. The summed E-state index contributed by atoms with van der Waals surface area (Å²) >= 11 is 0. The second-order valence-corrected chi connectivity index (χ2v) is 3.90. The molecule has 0 aromatic heterocycles. The van der Waals surface area contributed by atoms with Crippen molar-refractivity contribution in [3.05, 3.63) is 29.6 Å². The van der Waals surface area contributed by atoms with Crippen LogP contribution in [0.25, 0.3) is 0 Å². The number of carbonyl (C=O) groups is 1. The molecule has 1 aromatic rings. The summed E-state index contributed by atoms with van der Waals surface area (Å²) in [6, 6.07) is 4.17. The number of hydrogen-bond acceptors (Lipinski definition) is 2. The van der Waals surface area contributed by atoms with Crippen molar-refractivity contribution in [3.63, 3.8) is 0 Å². The van der Waals surface area contributed by atoms with Gasteiger partial charge in [0, 0.05) is 11.6 Å². The minimum atomic E-state index is -0.559. The van der Waals surface area contributed by atoms with Gasteiger partial charge in [0.2, 0.25) is 0 Å². The van der Waals surface area contributed by atoms with Gasteiger partial charge in [0.05, 0.1) is 5.69 Å². The molecule has 1 rings (SSSR count). The number of nitrogen functional groups attached to an aromatic ring is 1. The highest BCUT2D eigenvalue weighted by atomic mass is 19.1. The molecule has 1 amide bonds. The number of rotatable bonds is 4. The van der Waals surface area contributed by atoms with E-state index in [-0.39, 0.29) is 17.6 Å². The van der Waals surface area contributed by atoms with E-state index in [1.54, 1.807) is 0 Å². The maximum Gasteiger partial charge on any atom is 0.251 e. The first-order valence-corrected chi connectivity index (χ1v) is 5.40. The fraction of sp³-hybridized carbons (Fsp3) is 0.417. The Bertz CT molecular complexity index is 379. The Morgan fingerprint density at radius 3 is 2.81 bits per heavy atom. The van der Waals surface area contributed by atoms with Crippen LogP contribution in [-0.2, 0) is 0 Å². The number of carbonyl (C=O) groups excluding carboxylic acids is 1. The standard InChI is InChI=1S/C12H17FN2O/c1-3-4-8(2)15-12(16)9-5-6-11(14)10(13)7-9/h5-8H,3-4,14H2,1-2H3,(H,15,16). The first-order chi connectivity index (χ1) is 7.54. The Labute approximate surface area is 94.8 Å². The van der Waals surface area contributed by atoms with Gasteiger partial charge in [-0.3, -0.25) is 4.79 Å². The molecule has 1 aromatic carbocycles. The Balaban J connectivity index is 2.69. The molecule has 0 saturated heterocycles. The highest BCUT2D eigenvalue weighted by molar-refractivity contribution is 5.94. The lowest BCUT2D eigenvalue weighted by atomic mass is 10.1. The smallest absolute Gasteiger partial charge is 0.251 e. The van der Waals surface area contributed by atoms with E-state index in [0.717, 1.165) is 18.9 Å². The minimum Gasteiger partial charge on any atom is -0.396 e. The molecular formula is C12H17FN2O. The monoisotopic (exact) mass is 224 g/mol. The van der Waals surface area contributed by atoms with Crippen molar-refractivity contribution in [2.45, 2.75) is 32.7 Å². The highest BCUT2D eigenvalue weighted by Gasteiger charge is 2.10. The van der Waals surface area contributed by atoms with Crippen molar-refractivity contribution in [3.8, 4) is 0 Å². The summed E-state index contributed by atoms with van der Waals surface area (Å²) in [4.78, 5) is 11.7. The summed E-state index contributed by atoms with van der Waals surface area (Å²) in [7, 11) is 0. The summed E-state index contributed by atoms with van der Waals surface area (Å²) in [6.45, 7) is 3.97. The molecule has 0 fully saturated rings. The van der Waals surface area contributed by atoms with Gasteiger partial charge in [-0.25, -0.2) is 4.39 Å². The summed E-state index contributed by atoms with van der Waals surface area (Å²) in [6.07, 6.45) is 1.90. The van der Waals surface area contributed by atoms with E-state index in [0.29, 0.717) is 5.56 Å². The third kappa shape index (κ3) is 3.22. The maximum absolute atomic E-state index is 13.1. The number of hydrogen-bond donors (Lipinski definition) is 2. The molecule has 1 unspecified atom stereocenters. The van der Waals surface area contributed by atoms with E-state index >= 15 is 0 Å². The van der Waals surface area contributed by atoms with E-state index in [1.165, 1.54) is 12.1 Å². The van der Waals surface area contributed by atoms with Gasteiger partial charge >= 0.3 is 0 Å². The fourth-order valence-electron chi connectivity index (χ4n) is 1.48. The molecule has 0 aliphatic carbocycles. The Hall–Kier alpha value is -1.58. The van der Waals surface area contributed by atoms with Crippen LogP contribution in [0.5, 0.6) is 0 Å². The van der Waals surface area contributed by atoms with Crippen LogP contribution in [0.3, 0.4) is 0 Å². The number of anilines is 1. The van der Waals surface area contributed by atoms with Crippen LogP contribution in [0.4, 0.5) is 10.1 Å². The molecule has 0 saturated carbocycles. The average molecular weight is 224 g/mol. The van der Waals surface area contributed by atoms with E-state index in [9.17, 15) is 9.18 Å². The minimum absolute atomic E-state index is 0.0538. The van der Waals surface area contributed by atoms with E-state index in [2.05, 4.69) is 5.32 Å². The summed E-state index contributed by atoms with van der Waals surface area (Å²) in [5, 5.41) is 2.80. The number of nitrogens with one attached hydrogen (secondary N) is 1. The number of amides is 1. The van der Waals surface area contributed by atoms with Gasteiger partial charge in [0.1, 0.15) is 5.82 Å². The predicted molar refractivity (Wildman–Crippen MR) is 62.6 cm³/mol. The van der Waals surface area contributed by atoms with E-state index in [4.69, 9.17) is 5.73 Å². The lowest BCUT2D eigenvalue weighted by Crippen LogP contribution is -2.32. The molecule has 88 valence electrons. The zero-order valence-corrected chi connectivity index (χ0v) is 9.59. The molecule has 0 heterocycles. The lowest BCUT2D eigenvalue weighted by Gasteiger charge is -2.12. The Morgan fingerprint density at radius 1 is 1.56 bits per heavy atom. The van der Waals surface area contributed by atoms with Gasteiger partial charge in [0.25, 0.3) is 5.91 Å². The first-order valence-electron chi connectivity index (χ1n) is 5.40. The zero-order chi connectivity index (χ0) is 12.1. The third-order valence-electron chi connectivity index (χ3n) is 2.36. The van der Waals surface area contributed by atoms with Crippen molar-refractivity contribution < 1.29 is 9.18 Å². The molecule has 0 radical (unpaired) electrons. The van der Waals surface area contributed by atoms with Crippen molar-refractivity contribution >= 4 is 11.6 Å². The average Bonchev–Trinajstić information content (AvgIpc) is 2.22. The van der Waals surface area contributed by atoms with Gasteiger partial charge in [-0.05, 0) is 31.5 Å².